The third-order valence-corrected chi connectivity index (χ3v) is 5.45. The zero-order valence-corrected chi connectivity index (χ0v) is 18.0. The van der Waals surface area contributed by atoms with Gasteiger partial charge in [-0.1, -0.05) is 29.4 Å². The minimum Gasteiger partial charge on any atom is -0.493 e. The smallest absolute Gasteiger partial charge is 0.285 e. The molecule has 1 heterocycles. The van der Waals surface area contributed by atoms with E-state index in [2.05, 4.69) is 5.43 Å². The van der Waals surface area contributed by atoms with Gasteiger partial charge in [-0.15, -0.1) is 0 Å². The molecular weight excluding hydrogens is 432 g/mol. The van der Waals surface area contributed by atoms with Gasteiger partial charge in [-0.05, 0) is 67.2 Å². The summed E-state index contributed by atoms with van der Waals surface area (Å²) in [5.74, 6) is 0.320. The number of hydrogen-bond donors (Lipinski definition) is 1. The highest BCUT2D eigenvalue weighted by Crippen LogP contribution is 2.34. The summed E-state index contributed by atoms with van der Waals surface area (Å²) in [5, 5.41) is 1.58. The minimum absolute atomic E-state index is 0.238. The molecular formula is C20H17ClN2O4S2. The van der Waals surface area contributed by atoms with Gasteiger partial charge in [0.05, 0.1) is 18.6 Å². The van der Waals surface area contributed by atoms with Gasteiger partial charge in [-0.3, -0.25) is 15.0 Å². The predicted octanol–water partition coefficient (Wildman–Crippen LogP) is 4.29. The van der Waals surface area contributed by atoms with Crippen LogP contribution in [-0.4, -0.2) is 34.9 Å². The summed E-state index contributed by atoms with van der Waals surface area (Å²) in [5.41, 5.74) is 3.65. The summed E-state index contributed by atoms with van der Waals surface area (Å²) < 4.78 is 11.1. The molecule has 1 N–H and O–H groups in total. The fourth-order valence-electron chi connectivity index (χ4n) is 2.53. The maximum atomic E-state index is 12.7. The van der Waals surface area contributed by atoms with E-state index < -0.39 is 11.8 Å². The first kappa shape index (κ1) is 21.2. The van der Waals surface area contributed by atoms with Crippen LogP contribution in [-0.2, 0) is 4.79 Å². The average Bonchev–Trinajstić information content (AvgIpc) is 2.96. The highest BCUT2D eigenvalue weighted by Gasteiger charge is 2.33. The maximum absolute atomic E-state index is 12.7. The molecule has 1 aliphatic heterocycles. The molecule has 6 nitrogen and oxygen atoms in total. The van der Waals surface area contributed by atoms with E-state index in [1.165, 1.54) is 0 Å². The molecule has 0 spiro atoms. The highest BCUT2D eigenvalue weighted by atomic mass is 35.5. The van der Waals surface area contributed by atoms with E-state index >= 15 is 0 Å². The van der Waals surface area contributed by atoms with Crippen LogP contribution >= 0.6 is 35.6 Å². The number of thiocarbonyl (C=S) groups is 1. The minimum atomic E-state index is -0.456. The molecule has 0 aliphatic carbocycles. The second-order valence-corrected chi connectivity index (χ2v) is 7.92. The maximum Gasteiger partial charge on any atom is 0.285 e. The zero-order chi connectivity index (χ0) is 21.0. The second kappa shape index (κ2) is 9.30. The van der Waals surface area contributed by atoms with E-state index in [1.54, 1.807) is 55.7 Å². The van der Waals surface area contributed by atoms with Gasteiger partial charge in [0.25, 0.3) is 11.8 Å². The van der Waals surface area contributed by atoms with E-state index in [0.29, 0.717) is 33.6 Å². The SMILES string of the molecule is CCOc1cc(/C=C2\SC(=S)N(NC(=O)c3ccc(Cl)cc3)C2=O)ccc1OC. The lowest BCUT2D eigenvalue weighted by Crippen LogP contribution is -2.44. The van der Waals surface area contributed by atoms with Gasteiger partial charge in [-0.25, -0.2) is 0 Å². The lowest BCUT2D eigenvalue weighted by atomic mass is 10.2. The lowest BCUT2D eigenvalue weighted by Gasteiger charge is -2.15. The quantitative estimate of drug-likeness (QED) is 0.525. The molecule has 2 amide bonds. The van der Waals surface area contributed by atoms with E-state index in [4.69, 9.17) is 33.3 Å². The lowest BCUT2D eigenvalue weighted by molar-refractivity contribution is -0.123. The van der Waals surface area contributed by atoms with Gasteiger partial charge in [-0.2, -0.15) is 5.01 Å². The van der Waals surface area contributed by atoms with E-state index in [9.17, 15) is 9.59 Å². The summed E-state index contributed by atoms with van der Waals surface area (Å²) in [7, 11) is 1.56. The van der Waals surface area contributed by atoms with Gasteiger partial charge in [0.1, 0.15) is 0 Å². The average molecular weight is 449 g/mol. The monoisotopic (exact) mass is 448 g/mol. The Bertz CT molecular complexity index is 992. The number of ether oxygens (including phenoxy) is 2. The van der Waals surface area contributed by atoms with Gasteiger partial charge < -0.3 is 9.47 Å². The van der Waals surface area contributed by atoms with Crippen molar-refractivity contribution in [1.29, 1.82) is 0 Å². The fourth-order valence-corrected chi connectivity index (χ4v) is 3.84. The number of thioether (sulfide) groups is 1. The van der Waals surface area contributed by atoms with Crippen LogP contribution in [0, 0.1) is 0 Å². The number of hydrogen-bond acceptors (Lipinski definition) is 6. The zero-order valence-electron chi connectivity index (χ0n) is 15.6. The Balaban J connectivity index is 1.78. The van der Waals surface area contributed by atoms with Crippen LogP contribution in [0.1, 0.15) is 22.8 Å². The van der Waals surface area contributed by atoms with Crippen molar-refractivity contribution in [3.63, 3.8) is 0 Å². The van der Waals surface area contributed by atoms with E-state index in [0.717, 1.165) is 22.3 Å². The van der Waals surface area contributed by atoms with Crippen molar-refractivity contribution in [2.24, 2.45) is 0 Å². The van der Waals surface area contributed by atoms with Crippen molar-refractivity contribution < 1.29 is 19.1 Å². The molecule has 3 rings (SSSR count). The molecule has 0 bridgehead atoms. The summed E-state index contributed by atoms with van der Waals surface area (Å²) in [6, 6.07) is 11.7. The molecule has 0 atom stereocenters. The van der Waals surface area contributed by atoms with Crippen molar-refractivity contribution >= 4 is 57.8 Å². The third-order valence-electron chi connectivity index (χ3n) is 3.90. The van der Waals surface area contributed by atoms with Crippen LogP contribution in [0.3, 0.4) is 0 Å². The number of benzene rings is 2. The first-order valence-corrected chi connectivity index (χ1v) is 10.2. The van der Waals surface area contributed by atoms with Crippen LogP contribution in [0.2, 0.25) is 5.02 Å². The van der Waals surface area contributed by atoms with Crippen LogP contribution in [0.25, 0.3) is 6.08 Å². The number of amides is 2. The molecule has 0 unspecified atom stereocenters. The summed E-state index contributed by atoms with van der Waals surface area (Å²) >= 11 is 12.2. The molecule has 2 aromatic rings. The van der Waals surface area contributed by atoms with Crippen LogP contribution in [0.15, 0.2) is 47.4 Å². The standard InChI is InChI=1S/C20H17ClN2O4S2/c1-3-27-16-10-12(4-9-15(16)26-2)11-17-19(25)23(20(28)29-17)22-18(24)13-5-7-14(21)8-6-13/h4-11H,3H2,1-2H3,(H,22,24)/b17-11-. The number of rotatable bonds is 6. The van der Waals surface area contributed by atoms with Crippen LogP contribution < -0.4 is 14.9 Å². The Labute approximate surface area is 182 Å². The summed E-state index contributed by atoms with van der Waals surface area (Å²) in [4.78, 5) is 25.5. The van der Waals surface area contributed by atoms with Crippen molar-refractivity contribution in [3.05, 3.63) is 63.5 Å². The van der Waals surface area contributed by atoms with Gasteiger partial charge in [0, 0.05) is 10.6 Å². The third kappa shape index (κ3) is 4.90. The Morgan fingerprint density at radius 3 is 2.62 bits per heavy atom. The van der Waals surface area contributed by atoms with Gasteiger partial charge >= 0.3 is 0 Å². The van der Waals surface area contributed by atoms with Crippen molar-refractivity contribution in [2.75, 3.05) is 13.7 Å². The molecule has 150 valence electrons. The summed E-state index contributed by atoms with van der Waals surface area (Å²) in [6.07, 6.45) is 1.69. The molecule has 1 fully saturated rings. The summed E-state index contributed by atoms with van der Waals surface area (Å²) in [6.45, 7) is 2.36. The molecule has 0 saturated carbocycles. The van der Waals surface area contributed by atoms with Gasteiger partial charge in [0.15, 0.2) is 15.8 Å². The number of halogens is 1. The normalized spacial score (nSPS) is 15.0. The topological polar surface area (TPSA) is 67.9 Å². The Morgan fingerprint density at radius 2 is 1.97 bits per heavy atom. The van der Waals surface area contributed by atoms with Crippen LogP contribution in [0.5, 0.6) is 11.5 Å². The Hall–Kier alpha value is -2.55. The number of methoxy groups -OCH3 is 1. The molecule has 29 heavy (non-hydrogen) atoms. The highest BCUT2D eigenvalue weighted by molar-refractivity contribution is 8.26. The number of nitrogens with one attached hydrogen (secondary N) is 1. The number of nitrogens with zero attached hydrogens (tertiary/aromatic N) is 1. The van der Waals surface area contributed by atoms with Gasteiger partial charge in [0.2, 0.25) is 0 Å². The van der Waals surface area contributed by atoms with Crippen LogP contribution in [0.4, 0.5) is 0 Å². The Kier molecular flexibility index (Phi) is 6.79. The fraction of sp³-hybridized carbons (Fsp3) is 0.150. The molecule has 9 heteroatoms. The molecule has 1 aliphatic rings. The first-order chi connectivity index (χ1) is 13.9. The van der Waals surface area contributed by atoms with Crippen molar-refractivity contribution in [1.82, 2.24) is 10.4 Å². The second-order valence-electron chi connectivity index (χ2n) is 5.81. The molecule has 0 aromatic heterocycles. The molecule has 2 aromatic carbocycles. The number of carbonyl (C=O) groups is 2. The van der Waals surface area contributed by atoms with Crippen molar-refractivity contribution in [2.45, 2.75) is 6.92 Å². The predicted molar refractivity (Wildman–Crippen MR) is 118 cm³/mol. The molecule has 0 radical (unpaired) electrons. The number of carbonyl (C=O) groups excluding carboxylic acids is 2. The van der Waals surface area contributed by atoms with E-state index in [-0.39, 0.29) is 4.32 Å². The number of hydrazine groups is 1. The van der Waals surface area contributed by atoms with Crippen molar-refractivity contribution in [3.8, 4) is 11.5 Å². The first-order valence-electron chi connectivity index (χ1n) is 8.58. The molecule has 1 saturated heterocycles. The Morgan fingerprint density at radius 1 is 1.24 bits per heavy atom. The largest absolute Gasteiger partial charge is 0.493 e. The van der Waals surface area contributed by atoms with E-state index in [1.807, 2.05) is 6.92 Å².